The molecule has 0 aliphatic heterocycles. The zero-order chi connectivity index (χ0) is 13.3. The van der Waals surface area contributed by atoms with Crippen LogP contribution < -0.4 is 11.1 Å². The molecule has 0 bridgehead atoms. The van der Waals surface area contributed by atoms with Crippen LogP contribution in [0.5, 0.6) is 0 Å². The Labute approximate surface area is 115 Å². The van der Waals surface area contributed by atoms with Gasteiger partial charge in [-0.1, -0.05) is 32.5 Å². The van der Waals surface area contributed by atoms with Crippen molar-refractivity contribution in [3.8, 4) is 0 Å². The van der Waals surface area contributed by atoms with Crippen molar-refractivity contribution in [1.82, 2.24) is 0 Å². The van der Waals surface area contributed by atoms with Crippen LogP contribution in [0.3, 0.4) is 0 Å². The first kappa shape index (κ1) is 13.3. The minimum atomic E-state index is 0.385. The average Bonchev–Trinajstić information content (AvgIpc) is 2.58. The standard InChI is InChI=1S/C15H22N2S/c1-10-9-11(6-7-12(10)14(16)18)17-13-5-4-8-15(13,2)3/h6-7,9,13,17H,4-5,8H2,1-3H3,(H2,16,18). The summed E-state index contributed by atoms with van der Waals surface area (Å²) < 4.78 is 0. The van der Waals surface area contributed by atoms with Crippen LogP contribution in [0, 0.1) is 12.3 Å². The van der Waals surface area contributed by atoms with E-state index in [-0.39, 0.29) is 0 Å². The average molecular weight is 262 g/mol. The van der Waals surface area contributed by atoms with Gasteiger partial charge in [-0.2, -0.15) is 0 Å². The molecular weight excluding hydrogens is 240 g/mol. The lowest BCUT2D eigenvalue weighted by Crippen LogP contribution is -2.30. The minimum Gasteiger partial charge on any atom is -0.389 e. The third-order valence-corrected chi connectivity index (χ3v) is 4.31. The van der Waals surface area contributed by atoms with Crippen LogP contribution in [0.15, 0.2) is 18.2 Å². The molecule has 1 aliphatic carbocycles. The zero-order valence-electron chi connectivity index (χ0n) is 11.4. The van der Waals surface area contributed by atoms with Gasteiger partial charge in [0.05, 0.1) is 0 Å². The van der Waals surface area contributed by atoms with Gasteiger partial charge in [-0.25, -0.2) is 0 Å². The number of nitrogens with two attached hydrogens (primary N) is 1. The van der Waals surface area contributed by atoms with E-state index < -0.39 is 0 Å². The molecule has 0 spiro atoms. The van der Waals surface area contributed by atoms with E-state index in [0.29, 0.717) is 16.4 Å². The molecule has 1 atom stereocenters. The predicted octanol–water partition coefficient (Wildman–Crippen LogP) is 3.62. The number of rotatable bonds is 3. The quantitative estimate of drug-likeness (QED) is 0.817. The first-order valence-corrected chi connectivity index (χ1v) is 6.98. The SMILES string of the molecule is Cc1cc(NC2CCCC2(C)C)ccc1C(N)=S. The normalized spacial score (nSPS) is 21.8. The molecule has 3 N–H and O–H groups in total. The van der Waals surface area contributed by atoms with Crippen molar-refractivity contribution in [2.24, 2.45) is 11.1 Å². The van der Waals surface area contributed by atoms with E-state index in [1.165, 1.54) is 24.9 Å². The number of hydrogen-bond donors (Lipinski definition) is 2. The summed E-state index contributed by atoms with van der Waals surface area (Å²) in [6.07, 6.45) is 3.87. The summed E-state index contributed by atoms with van der Waals surface area (Å²) in [5.74, 6) is 0. The molecule has 18 heavy (non-hydrogen) atoms. The highest BCUT2D eigenvalue weighted by atomic mass is 32.1. The van der Waals surface area contributed by atoms with Gasteiger partial charge in [0.2, 0.25) is 0 Å². The van der Waals surface area contributed by atoms with Crippen molar-refractivity contribution in [3.63, 3.8) is 0 Å². The van der Waals surface area contributed by atoms with Crippen molar-refractivity contribution in [1.29, 1.82) is 0 Å². The summed E-state index contributed by atoms with van der Waals surface area (Å²) in [5, 5.41) is 3.65. The fourth-order valence-electron chi connectivity index (χ4n) is 2.83. The van der Waals surface area contributed by atoms with Crippen molar-refractivity contribution >= 4 is 22.9 Å². The Bertz CT molecular complexity index is 466. The second-order valence-electron chi connectivity index (χ2n) is 5.97. The van der Waals surface area contributed by atoms with Crippen molar-refractivity contribution in [2.75, 3.05) is 5.32 Å². The Kier molecular flexibility index (Phi) is 3.62. The van der Waals surface area contributed by atoms with Gasteiger partial charge in [-0.05, 0) is 48.9 Å². The van der Waals surface area contributed by atoms with Gasteiger partial charge >= 0.3 is 0 Å². The molecule has 1 aromatic rings. The van der Waals surface area contributed by atoms with Gasteiger partial charge in [0.25, 0.3) is 0 Å². The molecule has 2 rings (SSSR count). The first-order chi connectivity index (χ1) is 8.40. The van der Waals surface area contributed by atoms with Crippen LogP contribution in [0.2, 0.25) is 0 Å². The van der Waals surface area contributed by atoms with Crippen LogP contribution in [0.1, 0.15) is 44.2 Å². The highest BCUT2D eigenvalue weighted by Crippen LogP contribution is 2.39. The predicted molar refractivity (Wildman–Crippen MR) is 82.1 cm³/mol. The molecular formula is C15H22N2S. The smallest absolute Gasteiger partial charge is 0.104 e. The molecule has 0 heterocycles. The van der Waals surface area contributed by atoms with Crippen LogP contribution in [0.25, 0.3) is 0 Å². The number of benzene rings is 1. The van der Waals surface area contributed by atoms with Gasteiger partial charge in [0.1, 0.15) is 4.99 Å². The van der Waals surface area contributed by atoms with Crippen molar-refractivity contribution in [2.45, 2.75) is 46.1 Å². The first-order valence-electron chi connectivity index (χ1n) is 6.57. The molecule has 0 amide bonds. The lowest BCUT2D eigenvalue weighted by Gasteiger charge is -2.29. The number of hydrogen-bond acceptors (Lipinski definition) is 2. The summed E-state index contributed by atoms with van der Waals surface area (Å²) in [4.78, 5) is 0.472. The Morgan fingerprint density at radius 3 is 2.67 bits per heavy atom. The number of thiocarbonyl (C=S) groups is 1. The monoisotopic (exact) mass is 262 g/mol. The molecule has 1 unspecified atom stereocenters. The van der Waals surface area contributed by atoms with Gasteiger partial charge in [-0.15, -0.1) is 0 Å². The Morgan fingerprint density at radius 1 is 1.44 bits per heavy atom. The van der Waals surface area contributed by atoms with E-state index in [0.717, 1.165) is 11.1 Å². The lowest BCUT2D eigenvalue weighted by molar-refractivity contribution is 0.350. The number of aryl methyl sites for hydroxylation is 1. The van der Waals surface area contributed by atoms with Gasteiger partial charge in [-0.3, -0.25) is 0 Å². The Balaban J connectivity index is 2.16. The van der Waals surface area contributed by atoms with E-state index in [1.807, 2.05) is 6.07 Å². The number of nitrogens with one attached hydrogen (secondary N) is 1. The van der Waals surface area contributed by atoms with E-state index in [2.05, 4.69) is 38.2 Å². The fourth-order valence-corrected chi connectivity index (χ4v) is 3.05. The molecule has 2 nitrogen and oxygen atoms in total. The van der Waals surface area contributed by atoms with Crippen LogP contribution in [-0.2, 0) is 0 Å². The highest BCUT2D eigenvalue weighted by Gasteiger charge is 2.34. The zero-order valence-corrected chi connectivity index (χ0v) is 12.2. The summed E-state index contributed by atoms with van der Waals surface area (Å²) in [5.41, 5.74) is 9.36. The van der Waals surface area contributed by atoms with Gasteiger partial charge < -0.3 is 11.1 Å². The maximum Gasteiger partial charge on any atom is 0.104 e. The van der Waals surface area contributed by atoms with E-state index in [4.69, 9.17) is 18.0 Å². The molecule has 0 saturated heterocycles. The minimum absolute atomic E-state index is 0.385. The van der Waals surface area contributed by atoms with E-state index in [1.54, 1.807) is 0 Å². The molecule has 0 aromatic heterocycles. The molecule has 1 aliphatic rings. The van der Waals surface area contributed by atoms with Gasteiger partial charge in [0, 0.05) is 17.3 Å². The van der Waals surface area contributed by atoms with E-state index >= 15 is 0 Å². The second-order valence-corrected chi connectivity index (χ2v) is 6.41. The van der Waals surface area contributed by atoms with E-state index in [9.17, 15) is 0 Å². The largest absolute Gasteiger partial charge is 0.389 e. The van der Waals surface area contributed by atoms with Crippen LogP contribution >= 0.6 is 12.2 Å². The number of anilines is 1. The Morgan fingerprint density at radius 2 is 2.17 bits per heavy atom. The summed E-state index contributed by atoms with van der Waals surface area (Å²) in [6, 6.07) is 6.80. The topological polar surface area (TPSA) is 38.0 Å². The summed E-state index contributed by atoms with van der Waals surface area (Å²) in [6.45, 7) is 6.74. The third kappa shape index (κ3) is 2.66. The highest BCUT2D eigenvalue weighted by molar-refractivity contribution is 7.80. The van der Waals surface area contributed by atoms with Gasteiger partial charge in [0.15, 0.2) is 0 Å². The van der Waals surface area contributed by atoms with Crippen molar-refractivity contribution < 1.29 is 0 Å². The summed E-state index contributed by atoms with van der Waals surface area (Å²) >= 11 is 5.03. The maximum absolute atomic E-state index is 5.68. The van der Waals surface area contributed by atoms with Crippen LogP contribution in [0.4, 0.5) is 5.69 Å². The lowest BCUT2D eigenvalue weighted by atomic mass is 9.87. The second kappa shape index (κ2) is 4.88. The molecule has 1 aromatic carbocycles. The maximum atomic E-state index is 5.68. The summed E-state index contributed by atoms with van der Waals surface area (Å²) in [7, 11) is 0. The third-order valence-electron chi connectivity index (χ3n) is 4.09. The molecule has 1 fully saturated rings. The van der Waals surface area contributed by atoms with Crippen LogP contribution in [-0.4, -0.2) is 11.0 Å². The molecule has 98 valence electrons. The molecule has 1 saturated carbocycles. The van der Waals surface area contributed by atoms with Crippen molar-refractivity contribution in [3.05, 3.63) is 29.3 Å². The Hall–Kier alpha value is -1.09. The molecule has 3 heteroatoms. The fraction of sp³-hybridized carbons (Fsp3) is 0.533. The molecule has 0 radical (unpaired) electrons.